The van der Waals surface area contributed by atoms with Crippen molar-refractivity contribution in [3.63, 3.8) is 0 Å². The van der Waals surface area contributed by atoms with Crippen LogP contribution in [0.3, 0.4) is 0 Å². The summed E-state index contributed by atoms with van der Waals surface area (Å²) >= 11 is 0. The van der Waals surface area contributed by atoms with Crippen LogP contribution < -0.4 is 10.6 Å². The van der Waals surface area contributed by atoms with E-state index in [1.54, 1.807) is 0 Å². The van der Waals surface area contributed by atoms with Crippen LogP contribution >= 0.6 is 0 Å². The number of carboxylic acid groups (broad SMARTS) is 1. The van der Waals surface area contributed by atoms with Crippen LogP contribution in [0.1, 0.15) is 63.5 Å². The predicted molar refractivity (Wildman–Crippen MR) is 135 cm³/mol. The van der Waals surface area contributed by atoms with Crippen molar-refractivity contribution in [3.05, 3.63) is 59.7 Å². The van der Waals surface area contributed by atoms with Crippen LogP contribution in [-0.2, 0) is 14.3 Å². The van der Waals surface area contributed by atoms with Crippen molar-refractivity contribution >= 4 is 18.0 Å². The summed E-state index contributed by atoms with van der Waals surface area (Å²) in [7, 11) is 0. The lowest BCUT2D eigenvalue weighted by atomic mass is 9.97. The topological polar surface area (TPSA) is 105 Å². The molecule has 0 fully saturated rings. The van der Waals surface area contributed by atoms with Gasteiger partial charge in [-0.15, -0.1) is 0 Å². The number of benzene rings is 2. The quantitative estimate of drug-likeness (QED) is 0.399. The molecule has 3 N–H and O–H groups in total. The Morgan fingerprint density at radius 3 is 2.14 bits per heavy atom. The van der Waals surface area contributed by atoms with Crippen molar-refractivity contribution in [3.8, 4) is 11.1 Å². The van der Waals surface area contributed by atoms with Crippen LogP contribution in [0.2, 0.25) is 0 Å². The largest absolute Gasteiger partial charge is 0.480 e. The second kappa shape index (κ2) is 12.4. The van der Waals surface area contributed by atoms with Crippen LogP contribution in [0.15, 0.2) is 48.5 Å². The second-order valence-electron chi connectivity index (χ2n) is 9.34. The first-order valence-corrected chi connectivity index (χ1v) is 12.5. The van der Waals surface area contributed by atoms with Gasteiger partial charge in [-0.1, -0.05) is 82.1 Å². The average molecular weight is 481 g/mol. The van der Waals surface area contributed by atoms with Crippen LogP contribution in [0.4, 0.5) is 4.79 Å². The fourth-order valence-corrected chi connectivity index (χ4v) is 4.61. The number of alkyl carbamates (subject to hydrolysis) is 1. The van der Waals surface area contributed by atoms with E-state index >= 15 is 0 Å². The van der Waals surface area contributed by atoms with Gasteiger partial charge in [-0.3, -0.25) is 4.79 Å². The van der Waals surface area contributed by atoms with Gasteiger partial charge in [-0.25, -0.2) is 9.59 Å². The summed E-state index contributed by atoms with van der Waals surface area (Å²) in [5.41, 5.74) is 4.57. The monoisotopic (exact) mass is 480 g/mol. The highest BCUT2D eigenvalue weighted by Gasteiger charge is 2.30. The third-order valence-electron chi connectivity index (χ3n) is 6.79. The van der Waals surface area contributed by atoms with E-state index in [0.29, 0.717) is 12.8 Å². The van der Waals surface area contributed by atoms with Gasteiger partial charge in [0.25, 0.3) is 0 Å². The minimum absolute atomic E-state index is 0.0419. The minimum atomic E-state index is -1.04. The molecule has 2 aromatic carbocycles. The molecule has 3 atom stereocenters. The first-order chi connectivity index (χ1) is 16.8. The molecule has 0 aliphatic heterocycles. The maximum Gasteiger partial charge on any atom is 0.407 e. The molecule has 0 spiro atoms. The van der Waals surface area contributed by atoms with Crippen LogP contribution in [-0.4, -0.2) is 42.3 Å². The van der Waals surface area contributed by atoms with Crippen molar-refractivity contribution in [2.24, 2.45) is 11.8 Å². The molecule has 3 unspecified atom stereocenters. The van der Waals surface area contributed by atoms with Gasteiger partial charge in [0.2, 0.25) is 5.91 Å². The highest BCUT2D eigenvalue weighted by molar-refractivity contribution is 5.85. The maximum atomic E-state index is 12.8. The van der Waals surface area contributed by atoms with Gasteiger partial charge in [0, 0.05) is 12.5 Å². The van der Waals surface area contributed by atoms with Crippen LogP contribution in [0.5, 0.6) is 0 Å². The zero-order chi connectivity index (χ0) is 25.4. The fraction of sp³-hybridized carbons (Fsp3) is 0.464. The normalized spacial score (nSPS) is 14.8. The number of rotatable bonds is 12. The number of amides is 2. The van der Waals surface area contributed by atoms with Crippen molar-refractivity contribution in [2.45, 2.75) is 58.4 Å². The van der Waals surface area contributed by atoms with Crippen molar-refractivity contribution in [2.75, 3.05) is 13.2 Å². The molecule has 7 heteroatoms. The fourth-order valence-electron chi connectivity index (χ4n) is 4.61. The molecular formula is C28H36N2O5. The molecule has 0 heterocycles. The summed E-state index contributed by atoms with van der Waals surface area (Å²) in [6.45, 7) is 6.18. The molecule has 0 saturated carbocycles. The smallest absolute Gasteiger partial charge is 0.407 e. The van der Waals surface area contributed by atoms with E-state index in [0.717, 1.165) is 35.1 Å². The summed E-state index contributed by atoms with van der Waals surface area (Å²) in [6, 6.07) is 15.3. The number of hydrogen-bond donors (Lipinski definition) is 3. The van der Waals surface area contributed by atoms with Crippen molar-refractivity contribution in [1.82, 2.24) is 10.6 Å². The Hall–Kier alpha value is -3.35. The molecular weight excluding hydrogens is 444 g/mol. The zero-order valence-corrected chi connectivity index (χ0v) is 20.8. The number of nitrogens with one attached hydrogen (secondary N) is 2. The minimum Gasteiger partial charge on any atom is -0.480 e. The Kier molecular flexibility index (Phi) is 9.29. The molecule has 0 bridgehead atoms. The molecule has 0 radical (unpaired) electrons. The molecule has 3 rings (SSSR count). The molecule has 0 saturated heterocycles. The number of carbonyl (C=O) groups excluding carboxylic acids is 2. The Morgan fingerprint density at radius 2 is 1.60 bits per heavy atom. The predicted octanol–water partition coefficient (Wildman–Crippen LogP) is 4.95. The number of carbonyl (C=O) groups is 3. The Bertz CT molecular complexity index is 992. The number of ether oxygens (including phenoxy) is 1. The lowest BCUT2D eigenvalue weighted by molar-refractivity contribution is -0.143. The molecule has 1 aliphatic carbocycles. The van der Waals surface area contributed by atoms with E-state index in [2.05, 4.69) is 34.9 Å². The average Bonchev–Trinajstić information content (AvgIpc) is 3.18. The van der Waals surface area contributed by atoms with Gasteiger partial charge in [-0.2, -0.15) is 0 Å². The molecule has 2 aromatic rings. The van der Waals surface area contributed by atoms with E-state index in [1.165, 1.54) is 0 Å². The highest BCUT2D eigenvalue weighted by atomic mass is 16.5. The first-order valence-electron chi connectivity index (χ1n) is 12.5. The van der Waals surface area contributed by atoms with Gasteiger partial charge in [0.05, 0.1) is 5.92 Å². The summed E-state index contributed by atoms with van der Waals surface area (Å²) in [4.78, 5) is 36.9. The number of carboxylic acids is 1. The number of hydrogen-bond acceptors (Lipinski definition) is 4. The third-order valence-corrected chi connectivity index (χ3v) is 6.79. The Morgan fingerprint density at radius 1 is 1.00 bits per heavy atom. The van der Waals surface area contributed by atoms with Gasteiger partial charge in [0.1, 0.15) is 12.6 Å². The van der Waals surface area contributed by atoms with Gasteiger partial charge >= 0.3 is 12.1 Å². The maximum absolute atomic E-state index is 12.8. The van der Waals surface area contributed by atoms with E-state index in [1.807, 2.05) is 45.0 Å². The molecule has 0 aromatic heterocycles. The molecule has 7 nitrogen and oxygen atoms in total. The summed E-state index contributed by atoms with van der Waals surface area (Å²) in [5, 5.41) is 14.9. The summed E-state index contributed by atoms with van der Waals surface area (Å²) in [5.74, 6) is -1.79. The Labute approximate surface area is 207 Å². The highest BCUT2D eigenvalue weighted by Crippen LogP contribution is 2.44. The van der Waals surface area contributed by atoms with Crippen molar-refractivity contribution in [1.29, 1.82) is 0 Å². The van der Waals surface area contributed by atoms with E-state index in [4.69, 9.17) is 4.74 Å². The number of fused-ring (bicyclic) bond motifs is 3. The molecule has 1 aliphatic rings. The van der Waals surface area contributed by atoms with Gasteiger partial charge < -0.3 is 20.5 Å². The van der Waals surface area contributed by atoms with E-state index in [-0.39, 0.29) is 30.9 Å². The Balaban J connectivity index is 1.56. The summed E-state index contributed by atoms with van der Waals surface area (Å²) < 4.78 is 5.56. The SMILES string of the molecule is CCCC(CNC(=O)OCC1c2ccccc2-c2ccccc21)C(=O)NC(CC(C)CC)C(=O)O. The standard InChI is InChI=1S/C28H36N2O5/c1-4-10-19(26(31)30-25(27(32)33)15-18(3)5-2)16-29-28(34)35-17-24-22-13-8-6-11-20(22)21-12-7-9-14-23(21)24/h6-9,11-14,18-19,24-25H,4-5,10,15-17H2,1-3H3,(H,29,34)(H,30,31)(H,32,33). The van der Waals surface area contributed by atoms with Crippen LogP contribution in [0.25, 0.3) is 11.1 Å². The summed E-state index contributed by atoms with van der Waals surface area (Å²) in [6.07, 6.45) is 1.88. The molecule has 188 valence electrons. The third kappa shape index (κ3) is 6.62. The molecule has 35 heavy (non-hydrogen) atoms. The first kappa shape index (κ1) is 26.3. The number of aliphatic carboxylic acids is 1. The van der Waals surface area contributed by atoms with E-state index < -0.39 is 24.0 Å². The van der Waals surface area contributed by atoms with Gasteiger partial charge in [-0.05, 0) is 41.0 Å². The van der Waals surface area contributed by atoms with Crippen LogP contribution in [0, 0.1) is 11.8 Å². The van der Waals surface area contributed by atoms with Gasteiger partial charge in [0.15, 0.2) is 0 Å². The zero-order valence-electron chi connectivity index (χ0n) is 20.8. The lowest BCUT2D eigenvalue weighted by Crippen LogP contribution is -2.47. The molecule has 2 amide bonds. The lowest BCUT2D eigenvalue weighted by Gasteiger charge is -2.22. The van der Waals surface area contributed by atoms with E-state index in [9.17, 15) is 19.5 Å². The second-order valence-corrected chi connectivity index (χ2v) is 9.34. The van der Waals surface area contributed by atoms with Crippen molar-refractivity contribution < 1.29 is 24.2 Å².